The molecular weight excluding hydrogens is 181 g/mol. The van der Waals surface area contributed by atoms with Crippen molar-refractivity contribution in [1.82, 2.24) is 0 Å². The van der Waals surface area contributed by atoms with Gasteiger partial charge in [0.15, 0.2) is 0 Å². The van der Waals surface area contributed by atoms with Crippen molar-refractivity contribution in [2.24, 2.45) is 4.99 Å². The van der Waals surface area contributed by atoms with Gasteiger partial charge in [-0.2, -0.15) is 0 Å². The van der Waals surface area contributed by atoms with E-state index in [9.17, 15) is 9.50 Å². The van der Waals surface area contributed by atoms with Gasteiger partial charge in [0, 0.05) is 12.6 Å². The Kier molecular flexibility index (Phi) is 2.65. The van der Waals surface area contributed by atoms with E-state index < -0.39 is 11.7 Å². The monoisotopic (exact) mass is 186 g/mol. The minimum Gasteiger partial charge on any atom is -0.858 e. The summed E-state index contributed by atoms with van der Waals surface area (Å²) in [7, 11) is 1.30. The van der Waals surface area contributed by atoms with Crippen LogP contribution in [0.1, 0.15) is 5.56 Å². The van der Waals surface area contributed by atoms with Crippen LogP contribution in [-0.4, -0.2) is 12.9 Å². The van der Waals surface area contributed by atoms with Crippen molar-refractivity contribution in [2.45, 2.75) is 0 Å². The molecule has 1 rings (SSSR count). The van der Waals surface area contributed by atoms with Gasteiger partial charge in [0.2, 0.25) is 0 Å². The Labute approximate surface area is 74.3 Å². The zero-order valence-electron chi connectivity index (χ0n) is 6.34. The van der Waals surface area contributed by atoms with Crippen LogP contribution in [0, 0.1) is 5.82 Å². The first-order valence-electron chi connectivity index (χ1n) is 3.25. The van der Waals surface area contributed by atoms with Gasteiger partial charge >= 0.3 is 0 Å². The molecule has 0 saturated carbocycles. The van der Waals surface area contributed by atoms with Gasteiger partial charge in [-0.25, -0.2) is 4.39 Å². The maximum atomic E-state index is 12.9. The van der Waals surface area contributed by atoms with Crippen molar-refractivity contribution < 1.29 is 9.50 Å². The molecule has 0 aliphatic carbocycles. The van der Waals surface area contributed by atoms with Crippen molar-refractivity contribution in [3.8, 4) is 0 Å². The average molecular weight is 187 g/mol. The SMILES string of the molecule is CN=C([O-])c1c(F)cccc1Cl. The van der Waals surface area contributed by atoms with Gasteiger partial charge in [-0.3, -0.25) is 0 Å². The summed E-state index contributed by atoms with van der Waals surface area (Å²) in [6, 6.07) is 4.05. The predicted molar refractivity (Wildman–Crippen MR) is 43.9 cm³/mol. The van der Waals surface area contributed by atoms with Crippen molar-refractivity contribution in [2.75, 3.05) is 7.05 Å². The Hall–Kier alpha value is -1.09. The second kappa shape index (κ2) is 3.54. The van der Waals surface area contributed by atoms with Crippen LogP contribution in [-0.2, 0) is 0 Å². The van der Waals surface area contributed by atoms with Crippen LogP contribution >= 0.6 is 11.6 Å². The summed E-state index contributed by atoms with van der Waals surface area (Å²) in [4.78, 5) is 3.32. The lowest BCUT2D eigenvalue weighted by Crippen LogP contribution is -2.20. The molecule has 0 radical (unpaired) electrons. The van der Waals surface area contributed by atoms with Crippen LogP contribution in [0.4, 0.5) is 4.39 Å². The summed E-state index contributed by atoms with van der Waals surface area (Å²) < 4.78 is 12.9. The van der Waals surface area contributed by atoms with Gasteiger partial charge in [-0.15, -0.1) is 0 Å². The summed E-state index contributed by atoms with van der Waals surface area (Å²) in [5.41, 5.74) is -0.165. The zero-order chi connectivity index (χ0) is 9.14. The van der Waals surface area contributed by atoms with E-state index in [2.05, 4.69) is 4.99 Å². The van der Waals surface area contributed by atoms with Gasteiger partial charge in [-0.1, -0.05) is 17.7 Å². The first-order valence-corrected chi connectivity index (χ1v) is 3.62. The highest BCUT2D eigenvalue weighted by atomic mass is 35.5. The number of aliphatic imine (C=N–C) groups is 1. The minimum atomic E-state index is -0.641. The Morgan fingerprint density at radius 3 is 2.75 bits per heavy atom. The highest BCUT2D eigenvalue weighted by Crippen LogP contribution is 2.17. The molecule has 64 valence electrons. The third kappa shape index (κ3) is 1.56. The molecule has 0 bridgehead atoms. The van der Waals surface area contributed by atoms with E-state index in [0.29, 0.717) is 0 Å². The van der Waals surface area contributed by atoms with Crippen LogP contribution in [0.5, 0.6) is 0 Å². The zero-order valence-corrected chi connectivity index (χ0v) is 7.10. The standard InChI is InChI=1S/C8H7ClFNO/c1-11-8(12)7-5(9)3-2-4-6(7)10/h2-4H,1H3,(H,11,12)/p-1. The fraction of sp³-hybridized carbons (Fsp3) is 0.125. The molecule has 0 atom stereocenters. The van der Waals surface area contributed by atoms with Crippen molar-refractivity contribution in [3.63, 3.8) is 0 Å². The molecule has 0 aliphatic rings. The molecule has 1 aromatic rings. The van der Waals surface area contributed by atoms with E-state index in [1.54, 1.807) is 0 Å². The van der Waals surface area contributed by atoms with E-state index in [1.807, 2.05) is 0 Å². The summed E-state index contributed by atoms with van der Waals surface area (Å²) in [6.07, 6.45) is 0. The maximum absolute atomic E-state index is 12.9. The molecule has 0 saturated heterocycles. The lowest BCUT2D eigenvalue weighted by molar-refractivity contribution is -0.213. The van der Waals surface area contributed by atoms with E-state index in [-0.39, 0.29) is 10.6 Å². The molecular formula is C8H6ClFNO-. The van der Waals surface area contributed by atoms with Gasteiger partial charge < -0.3 is 10.1 Å². The molecule has 2 nitrogen and oxygen atoms in total. The predicted octanol–water partition coefficient (Wildman–Crippen LogP) is 1.22. The molecule has 0 spiro atoms. The largest absolute Gasteiger partial charge is 0.858 e. The normalized spacial score (nSPS) is 11.8. The highest BCUT2D eigenvalue weighted by Gasteiger charge is 2.05. The second-order valence-electron chi connectivity index (χ2n) is 2.13. The minimum absolute atomic E-state index is 0.0885. The maximum Gasteiger partial charge on any atom is 0.132 e. The molecule has 4 heteroatoms. The number of halogens is 2. The Morgan fingerprint density at radius 2 is 2.25 bits per heavy atom. The van der Waals surface area contributed by atoms with Crippen molar-refractivity contribution in [3.05, 3.63) is 34.6 Å². The second-order valence-corrected chi connectivity index (χ2v) is 2.53. The average Bonchev–Trinajstić information content (AvgIpc) is 2.03. The van der Waals surface area contributed by atoms with Crippen LogP contribution < -0.4 is 5.11 Å². The smallest absolute Gasteiger partial charge is 0.132 e. The van der Waals surface area contributed by atoms with E-state index in [4.69, 9.17) is 11.6 Å². The first kappa shape index (κ1) is 9.00. The summed E-state index contributed by atoms with van der Waals surface area (Å²) in [6.45, 7) is 0. The molecule has 1 aromatic carbocycles. The number of rotatable bonds is 1. The van der Waals surface area contributed by atoms with E-state index in [0.717, 1.165) is 0 Å². The highest BCUT2D eigenvalue weighted by molar-refractivity contribution is 6.33. The molecule has 0 heterocycles. The lowest BCUT2D eigenvalue weighted by Gasteiger charge is -2.11. The van der Waals surface area contributed by atoms with Crippen molar-refractivity contribution >= 4 is 17.5 Å². The number of benzene rings is 1. The van der Waals surface area contributed by atoms with Crippen LogP contribution in [0.2, 0.25) is 5.02 Å². The molecule has 0 unspecified atom stereocenters. The molecule has 0 N–H and O–H groups in total. The van der Waals surface area contributed by atoms with Crippen LogP contribution in [0.25, 0.3) is 0 Å². The molecule has 12 heavy (non-hydrogen) atoms. The number of hydrogen-bond acceptors (Lipinski definition) is 2. The first-order chi connectivity index (χ1) is 5.66. The van der Waals surface area contributed by atoms with Crippen LogP contribution in [0.3, 0.4) is 0 Å². The third-order valence-corrected chi connectivity index (χ3v) is 1.69. The molecule has 0 aromatic heterocycles. The third-order valence-electron chi connectivity index (χ3n) is 1.38. The summed E-state index contributed by atoms with van der Waals surface area (Å²) >= 11 is 5.58. The topological polar surface area (TPSA) is 35.4 Å². The van der Waals surface area contributed by atoms with E-state index >= 15 is 0 Å². The number of hydrogen-bond donors (Lipinski definition) is 0. The van der Waals surface area contributed by atoms with Gasteiger partial charge in [0.1, 0.15) is 5.82 Å². The van der Waals surface area contributed by atoms with Crippen LogP contribution in [0.15, 0.2) is 23.2 Å². The quantitative estimate of drug-likeness (QED) is 0.480. The molecule has 0 fully saturated rings. The molecule has 0 amide bonds. The fourth-order valence-corrected chi connectivity index (χ4v) is 1.06. The lowest BCUT2D eigenvalue weighted by atomic mass is 10.2. The number of nitrogens with zero attached hydrogens (tertiary/aromatic N) is 1. The van der Waals surface area contributed by atoms with Gasteiger partial charge in [-0.05, 0) is 18.0 Å². The van der Waals surface area contributed by atoms with Crippen molar-refractivity contribution in [1.29, 1.82) is 0 Å². The summed E-state index contributed by atoms with van der Waals surface area (Å²) in [5, 5.41) is 11.1. The van der Waals surface area contributed by atoms with Gasteiger partial charge in [0.05, 0.1) is 5.02 Å². The summed E-state index contributed by atoms with van der Waals surface area (Å²) in [5.74, 6) is -1.28. The van der Waals surface area contributed by atoms with E-state index in [1.165, 1.54) is 25.2 Å². The Morgan fingerprint density at radius 1 is 1.58 bits per heavy atom. The Balaban J connectivity index is 3.31. The molecule has 0 aliphatic heterocycles. The Bertz CT molecular complexity index is 305. The fourth-order valence-electron chi connectivity index (χ4n) is 0.814. The van der Waals surface area contributed by atoms with Gasteiger partial charge in [0.25, 0.3) is 0 Å².